The van der Waals surface area contributed by atoms with Gasteiger partial charge in [-0.2, -0.15) is 18.3 Å². The molecule has 3 rings (SSSR count). The Hall–Kier alpha value is -3.37. The molecule has 0 aliphatic heterocycles. The zero-order valence-electron chi connectivity index (χ0n) is 13.7. The number of nitrogens with one attached hydrogen (secondary N) is 1. The van der Waals surface area contributed by atoms with E-state index in [1.54, 1.807) is 13.1 Å². The van der Waals surface area contributed by atoms with Crippen molar-refractivity contribution in [3.05, 3.63) is 63.2 Å². The quantitative estimate of drug-likeness (QED) is 0.698. The van der Waals surface area contributed by atoms with Crippen LogP contribution in [0, 0.1) is 5.82 Å². The third-order valence-corrected chi connectivity index (χ3v) is 3.59. The molecule has 0 spiro atoms. The zero-order valence-corrected chi connectivity index (χ0v) is 13.7. The van der Waals surface area contributed by atoms with Crippen molar-refractivity contribution >= 4 is 0 Å². The fourth-order valence-electron chi connectivity index (χ4n) is 2.42. The molecule has 142 valence electrons. The molecule has 2 heterocycles. The fourth-order valence-corrected chi connectivity index (χ4v) is 2.42. The molecule has 0 saturated heterocycles. The first-order valence-electron chi connectivity index (χ1n) is 7.50. The highest BCUT2D eigenvalue weighted by molar-refractivity contribution is 5.53. The van der Waals surface area contributed by atoms with E-state index in [4.69, 9.17) is 0 Å². The van der Waals surface area contributed by atoms with Crippen LogP contribution < -0.4 is 16.0 Å². The topological polar surface area (TPSA) is 81.9 Å². The lowest BCUT2D eigenvalue weighted by Gasteiger charge is -2.11. The van der Waals surface area contributed by atoms with Crippen LogP contribution in [0.3, 0.4) is 0 Å². The van der Waals surface area contributed by atoms with Gasteiger partial charge >= 0.3 is 11.9 Å². The van der Waals surface area contributed by atoms with Crippen LogP contribution in [0.2, 0.25) is 0 Å². The number of alkyl halides is 3. The van der Waals surface area contributed by atoms with E-state index < -0.39 is 35.6 Å². The molecule has 0 saturated carbocycles. The Morgan fingerprint density at radius 1 is 1.19 bits per heavy atom. The van der Waals surface area contributed by atoms with Gasteiger partial charge in [-0.05, 0) is 18.2 Å². The van der Waals surface area contributed by atoms with Gasteiger partial charge in [-0.3, -0.25) is 9.48 Å². The van der Waals surface area contributed by atoms with E-state index >= 15 is 0 Å². The second-order valence-electron chi connectivity index (χ2n) is 5.52. The molecule has 7 nitrogen and oxygen atoms in total. The summed E-state index contributed by atoms with van der Waals surface area (Å²) in [5.41, 5.74) is -1.06. The van der Waals surface area contributed by atoms with Crippen molar-refractivity contribution in [1.29, 1.82) is 0 Å². The van der Waals surface area contributed by atoms with E-state index in [0.29, 0.717) is 10.3 Å². The summed E-state index contributed by atoms with van der Waals surface area (Å²) in [6, 6.07) is 5.48. The van der Waals surface area contributed by atoms with Gasteiger partial charge in [0.2, 0.25) is 0 Å². The second kappa shape index (κ2) is 6.74. The highest BCUT2D eigenvalue weighted by Gasteiger charge is 2.29. The highest BCUT2D eigenvalue weighted by atomic mass is 19.4. The molecule has 27 heavy (non-hydrogen) atoms. The van der Waals surface area contributed by atoms with Gasteiger partial charge in [0, 0.05) is 25.4 Å². The lowest BCUT2D eigenvalue weighted by Crippen LogP contribution is -2.33. The van der Waals surface area contributed by atoms with E-state index in [9.17, 15) is 27.2 Å². The van der Waals surface area contributed by atoms with Crippen molar-refractivity contribution in [1.82, 2.24) is 19.3 Å². The Morgan fingerprint density at radius 3 is 2.48 bits per heavy atom. The van der Waals surface area contributed by atoms with Gasteiger partial charge in [0.1, 0.15) is 0 Å². The summed E-state index contributed by atoms with van der Waals surface area (Å²) in [4.78, 5) is 27.1. The number of hydrogen-bond donors (Lipinski definition) is 1. The van der Waals surface area contributed by atoms with E-state index in [1.165, 1.54) is 10.9 Å². The number of benzene rings is 1. The number of aromatic nitrogens is 4. The summed E-state index contributed by atoms with van der Waals surface area (Å²) >= 11 is 0. The average Bonchev–Trinajstić information content (AvgIpc) is 2.98. The van der Waals surface area contributed by atoms with Crippen molar-refractivity contribution in [2.75, 3.05) is 6.61 Å². The number of aromatic amines is 1. The summed E-state index contributed by atoms with van der Waals surface area (Å²) in [5, 5.41) is 3.93. The standard InChI is InChI=1S/C16H12F4N4O3/c1-23-12(4-5-21-23)11-7-14(25)24(15(26)22-11)9-2-3-13(10(17)6-9)27-8-16(18,19)20/h2-7H,8H2,1H3,(H,22,26). The van der Waals surface area contributed by atoms with Gasteiger partial charge in [0.05, 0.1) is 17.1 Å². The van der Waals surface area contributed by atoms with Gasteiger partial charge in [-0.15, -0.1) is 0 Å². The number of nitrogens with zero attached hydrogens (tertiary/aromatic N) is 3. The minimum Gasteiger partial charge on any atom is -0.481 e. The summed E-state index contributed by atoms with van der Waals surface area (Å²) in [5.74, 6) is -1.79. The minimum absolute atomic E-state index is 0.158. The molecular formula is C16H12F4N4O3. The maximum atomic E-state index is 14.0. The van der Waals surface area contributed by atoms with Crippen LogP contribution in [-0.2, 0) is 7.05 Å². The minimum atomic E-state index is -4.62. The van der Waals surface area contributed by atoms with E-state index in [0.717, 1.165) is 24.3 Å². The lowest BCUT2D eigenvalue weighted by atomic mass is 10.2. The number of aryl methyl sites for hydroxylation is 1. The van der Waals surface area contributed by atoms with Crippen LogP contribution in [0.1, 0.15) is 0 Å². The number of hydrogen-bond acceptors (Lipinski definition) is 4. The number of rotatable bonds is 4. The molecule has 3 aromatic rings. The third kappa shape index (κ3) is 3.91. The molecule has 0 bridgehead atoms. The number of H-pyrrole nitrogens is 1. The number of ether oxygens (including phenoxy) is 1. The molecule has 0 atom stereocenters. The van der Waals surface area contributed by atoms with Gasteiger partial charge in [0.15, 0.2) is 18.2 Å². The van der Waals surface area contributed by atoms with Gasteiger partial charge in [0.25, 0.3) is 5.56 Å². The first-order valence-corrected chi connectivity index (χ1v) is 7.50. The van der Waals surface area contributed by atoms with Crippen LogP contribution >= 0.6 is 0 Å². The summed E-state index contributed by atoms with van der Waals surface area (Å²) in [6.07, 6.45) is -3.14. The summed E-state index contributed by atoms with van der Waals surface area (Å²) in [6.45, 7) is -1.66. The molecule has 0 aliphatic rings. The van der Waals surface area contributed by atoms with Crippen molar-refractivity contribution < 1.29 is 22.3 Å². The van der Waals surface area contributed by atoms with Crippen LogP contribution in [-0.4, -0.2) is 32.1 Å². The smallest absolute Gasteiger partial charge is 0.422 e. The molecule has 0 unspecified atom stereocenters. The maximum Gasteiger partial charge on any atom is 0.422 e. The molecule has 11 heteroatoms. The summed E-state index contributed by atoms with van der Waals surface area (Å²) < 4.78 is 56.9. The summed E-state index contributed by atoms with van der Waals surface area (Å²) in [7, 11) is 1.62. The maximum absolute atomic E-state index is 14.0. The van der Waals surface area contributed by atoms with Crippen LogP contribution in [0.15, 0.2) is 46.1 Å². The number of halogens is 4. The van der Waals surface area contributed by atoms with E-state index in [1.807, 2.05) is 0 Å². The van der Waals surface area contributed by atoms with E-state index in [-0.39, 0.29) is 11.4 Å². The van der Waals surface area contributed by atoms with Crippen molar-refractivity contribution in [3.63, 3.8) is 0 Å². The molecule has 2 aromatic heterocycles. The molecule has 0 fully saturated rings. The van der Waals surface area contributed by atoms with Gasteiger partial charge in [-0.25, -0.2) is 13.8 Å². The second-order valence-corrected chi connectivity index (χ2v) is 5.52. The van der Waals surface area contributed by atoms with Crippen LogP contribution in [0.4, 0.5) is 17.6 Å². The third-order valence-electron chi connectivity index (χ3n) is 3.59. The molecule has 0 aliphatic carbocycles. The predicted molar refractivity (Wildman–Crippen MR) is 86.4 cm³/mol. The molecule has 0 amide bonds. The first-order chi connectivity index (χ1) is 12.7. The molecular weight excluding hydrogens is 372 g/mol. The Kier molecular flexibility index (Phi) is 4.60. The Labute approximate surface area is 148 Å². The van der Waals surface area contributed by atoms with E-state index in [2.05, 4.69) is 14.8 Å². The Bertz CT molecular complexity index is 1070. The van der Waals surface area contributed by atoms with Crippen LogP contribution in [0.25, 0.3) is 17.1 Å². The SMILES string of the molecule is Cn1nccc1-c1cc(=O)n(-c2ccc(OCC(F)(F)F)c(F)c2)c(=O)[nH]1. The monoisotopic (exact) mass is 384 g/mol. The fraction of sp³-hybridized carbons (Fsp3) is 0.188. The Morgan fingerprint density at radius 2 is 1.93 bits per heavy atom. The first kappa shape index (κ1) is 18.4. The average molecular weight is 384 g/mol. The van der Waals surface area contributed by atoms with Crippen LogP contribution in [0.5, 0.6) is 5.75 Å². The zero-order chi connectivity index (χ0) is 19.8. The van der Waals surface area contributed by atoms with Crippen molar-refractivity contribution in [2.24, 2.45) is 7.05 Å². The largest absolute Gasteiger partial charge is 0.481 e. The van der Waals surface area contributed by atoms with Gasteiger partial charge < -0.3 is 9.72 Å². The van der Waals surface area contributed by atoms with Crippen molar-refractivity contribution in [3.8, 4) is 22.8 Å². The molecule has 1 aromatic carbocycles. The predicted octanol–water partition coefficient (Wildman–Crippen LogP) is 2.01. The lowest BCUT2D eigenvalue weighted by molar-refractivity contribution is -0.153. The van der Waals surface area contributed by atoms with Gasteiger partial charge in [-0.1, -0.05) is 0 Å². The molecule has 0 radical (unpaired) electrons. The van der Waals surface area contributed by atoms with Crippen molar-refractivity contribution in [2.45, 2.75) is 6.18 Å². The highest BCUT2D eigenvalue weighted by Crippen LogP contribution is 2.23. The Balaban J connectivity index is 1.97. The normalized spacial score (nSPS) is 11.6. The molecule has 1 N–H and O–H groups in total.